The zero-order valence-electron chi connectivity index (χ0n) is 9.12. The third-order valence-corrected chi connectivity index (χ3v) is 4.02. The number of ether oxygens (including phenoxy) is 1. The number of nitrogens with zero attached hydrogens (tertiary/aromatic N) is 2. The van der Waals surface area contributed by atoms with Crippen molar-refractivity contribution < 1.29 is 4.74 Å². The molecule has 0 bridgehead atoms. The fraction of sp³-hybridized carbons (Fsp3) is 0.545. The molecule has 0 radical (unpaired) electrons. The molecule has 0 amide bonds. The Morgan fingerprint density at radius 1 is 1.69 bits per heavy atom. The van der Waals surface area contributed by atoms with Crippen molar-refractivity contribution in [3.8, 4) is 5.75 Å². The predicted molar refractivity (Wildman–Crippen MR) is 68.1 cm³/mol. The van der Waals surface area contributed by atoms with Crippen molar-refractivity contribution in [1.82, 2.24) is 9.88 Å². The van der Waals surface area contributed by atoms with Crippen LogP contribution in [-0.2, 0) is 0 Å². The standard InChI is InChI=1S/C11H14BrClN2O/c1-15-4-2-3-8(15)7-16-9-5-10(12)11(13)14-6-9/h5-6,8H,2-4,7H2,1H3/t8-/m0/s1. The molecule has 0 aromatic carbocycles. The SMILES string of the molecule is CN1CCC[C@H]1COc1cnc(Cl)c(Br)c1. The van der Waals surface area contributed by atoms with E-state index in [1.54, 1.807) is 6.20 Å². The number of pyridine rings is 1. The molecule has 1 aromatic heterocycles. The quantitative estimate of drug-likeness (QED) is 0.803. The zero-order valence-corrected chi connectivity index (χ0v) is 11.5. The van der Waals surface area contributed by atoms with Gasteiger partial charge in [-0.05, 0) is 48.4 Å². The van der Waals surface area contributed by atoms with E-state index in [1.807, 2.05) is 6.07 Å². The molecule has 1 aliphatic heterocycles. The summed E-state index contributed by atoms with van der Waals surface area (Å²) in [6.07, 6.45) is 4.12. The lowest BCUT2D eigenvalue weighted by Gasteiger charge is -2.19. The van der Waals surface area contributed by atoms with Crippen LogP contribution in [0.1, 0.15) is 12.8 Å². The Labute approximate surface area is 109 Å². The van der Waals surface area contributed by atoms with E-state index in [4.69, 9.17) is 16.3 Å². The van der Waals surface area contributed by atoms with Crippen LogP contribution in [0.4, 0.5) is 0 Å². The van der Waals surface area contributed by atoms with E-state index in [1.165, 1.54) is 12.8 Å². The summed E-state index contributed by atoms with van der Waals surface area (Å²) in [5.74, 6) is 0.761. The molecule has 1 aromatic rings. The van der Waals surface area contributed by atoms with Crippen molar-refractivity contribution in [2.45, 2.75) is 18.9 Å². The predicted octanol–water partition coefficient (Wildman–Crippen LogP) is 2.97. The first-order chi connectivity index (χ1) is 7.66. The van der Waals surface area contributed by atoms with Crippen LogP contribution in [0.2, 0.25) is 5.15 Å². The lowest BCUT2D eigenvalue weighted by molar-refractivity contribution is 0.198. The van der Waals surface area contributed by atoms with Crippen molar-refractivity contribution in [3.63, 3.8) is 0 Å². The monoisotopic (exact) mass is 304 g/mol. The minimum atomic E-state index is 0.463. The fourth-order valence-corrected chi connectivity index (χ4v) is 2.30. The minimum Gasteiger partial charge on any atom is -0.490 e. The zero-order chi connectivity index (χ0) is 11.5. The van der Waals surface area contributed by atoms with Crippen LogP contribution in [0.25, 0.3) is 0 Å². The molecule has 0 saturated carbocycles. The van der Waals surface area contributed by atoms with Crippen molar-refractivity contribution in [2.75, 3.05) is 20.2 Å². The highest BCUT2D eigenvalue weighted by atomic mass is 79.9. The Hall–Kier alpha value is -0.320. The van der Waals surface area contributed by atoms with Crippen LogP contribution >= 0.6 is 27.5 Å². The van der Waals surface area contributed by atoms with E-state index < -0.39 is 0 Å². The molecule has 88 valence electrons. The van der Waals surface area contributed by atoms with Gasteiger partial charge in [0, 0.05) is 6.04 Å². The Morgan fingerprint density at radius 3 is 3.12 bits per heavy atom. The second-order valence-corrected chi connectivity index (χ2v) is 5.24. The Kier molecular flexibility index (Phi) is 4.05. The maximum absolute atomic E-state index is 5.81. The number of hydrogen-bond acceptors (Lipinski definition) is 3. The first-order valence-corrected chi connectivity index (χ1v) is 6.48. The molecular weight excluding hydrogens is 291 g/mol. The lowest BCUT2D eigenvalue weighted by Crippen LogP contribution is -2.30. The number of likely N-dealkylation sites (N-methyl/N-ethyl adjacent to an activating group) is 1. The average Bonchev–Trinajstić information content (AvgIpc) is 2.66. The van der Waals surface area contributed by atoms with Crippen LogP contribution in [0.3, 0.4) is 0 Å². The summed E-state index contributed by atoms with van der Waals surface area (Å²) >= 11 is 9.14. The number of likely N-dealkylation sites (tertiary alicyclic amines) is 1. The lowest BCUT2D eigenvalue weighted by atomic mass is 10.2. The van der Waals surface area contributed by atoms with Crippen molar-refractivity contribution in [2.24, 2.45) is 0 Å². The van der Waals surface area contributed by atoms with Gasteiger partial charge < -0.3 is 9.64 Å². The molecule has 16 heavy (non-hydrogen) atoms. The first-order valence-electron chi connectivity index (χ1n) is 5.31. The van der Waals surface area contributed by atoms with Crippen LogP contribution in [0, 0.1) is 0 Å². The van der Waals surface area contributed by atoms with Gasteiger partial charge in [0.15, 0.2) is 0 Å². The van der Waals surface area contributed by atoms with Gasteiger partial charge in [0.25, 0.3) is 0 Å². The van der Waals surface area contributed by atoms with Gasteiger partial charge in [0.05, 0.1) is 10.7 Å². The van der Waals surface area contributed by atoms with Gasteiger partial charge in [0.1, 0.15) is 17.5 Å². The molecule has 1 atom stereocenters. The maximum atomic E-state index is 5.81. The molecule has 2 rings (SSSR count). The molecule has 2 heterocycles. The van der Waals surface area contributed by atoms with Gasteiger partial charge in [0.2, 0.25) is 0 Å². The van der Waals surface area contributed by atoms with Gasteiger partial charge in [-0.2, -0.15) is 0 Å². The maximum Gasteiger partial charge on any atom is 0.143 e. The summed E-state index contributed by atoms with van der Waals surface area (Å²) in [7, 11) is 2.14. The number of hydrogen-bond donors (Lipinski definition) is 0. The van der Waals surface area contributed by atoms with E-state index >= 15 is 0 Å². The van der Waals surface area contributed by atoms with Crippen molar-refractivity contribution >= 4 is 27.5 Å². The summed E-state index contributed by atoms with van der Waals surface area (Å²) in [6.45, 7) is 1.88. The molecule has 3 nitrogen and oxygen atoms in total. The molecule has 5 heteroatoms. The van der Waals surface area contributed by atoms with Crippen LogP contribution in [0.5, 0.6) is 5.75 Å². The highest BCUT2D eigenvalue weighted by Gasteiger charge is 2.21. The van der Waals surface area contributed by atoms with Gasteiger partial charge >= 0.3 is 0 Å². The van der Waals surface area contributed by atoms with Gasteiger partial charge in [-0.25, -0.2) is 4.98 Å². The van der Waals surface area contributed by atoms with Crippen molar-refractivity contribution in [3.05, 3.63) is 21.9 Å². The molecule has 0 aliphatic carbocycles. The third kappa shape index (κ3) is 2.87. The minimum absolute atomic E-state index is 0.463. The normalized spacial score (nSPS) is 21.3. The van der Waals surface area contributed by atoms with E-state index in [9.17, 15) is 0 Å². The second kappa shape index (κ2) is 5.34. The number of aromatic nitrogens is 1. The highest BCUT2D eigenvalue weighted by molar-refractivity contribution is 9.10. The highest BCUT2D eigenvalue weighted by Crippen LogP contribution is 2.25. The molecule has 0 unspecified atom stereocenters. The molecule has 1 saturated heterocycles. The molecule has 0 spiro atoms. The largest absolute Gasteiger partial charge is 0.490 e. The van der Waals surface area contributed by atoms with E-state index in [-0.39, 0.29) is 0 Å². The Balaban J connectivity index is 1.91. The Bertz CT molecular complexity index is 375. The van der Waals surface area contributed by atoms with Crippen LogP contribution < -0.4 is 4.74 Å². The van der Waals surface area contributed by atoms with E-state index in [2.05, 4.69) is 32.9 Å². The summed E-state index contributed by atoms with van der Waals surface area (Å²) in [6, 6.07) is 2.37. The van der Waals surface area contributed by atoms with Crippen molar-refractivity contribution in [1.29, 1.82) is 0 Å². The second-order valence-electron chi connectivity index (χ2n) is 4.03. The summed E-state index contributed by atoms with van der Waals surface area (Å²) < 4.78 is 6.47. The number of rotatable bonds is 3. The van der Waals surface area contributed by atoms with E-state index in [0.717, 1.165) is 16.8 Å². The average molecular weight is 306 g/mol. The number of halogens is 2. The first kappa shape index (κ1) is 12.1. The van der Waals surface area contributed by atoms with Crippen LogP contribution in [0.15, 0.2) is 16.7 Å². The summed E-state index contributed by atoms with van der Waals surface area (Å²) in [5, 5.41) is 0.463. The van der Waals surface area contributed by atoms with E-state index in [0.29, 0.717) is 17.8 Å². The summed E-state index contributed by atoms with van der Waals surface area (Å²) in [4.78, 5) is 6.35. The fourth-order valence-electron chi connectivity index (χ4n) is 1.86. The molecule has 1 fully saturated rings. The Morgan fingerprint density at radius 2 is 2.50 bits per heavy atom. The van der Waals surface area contributed by atoms with Gasteiger partial charge in [-0.15, -0.1) is 0 Å². The topological polar surface area (TPSA) is 25.4 Å². The smallest absolute Gasteiger partial charge is 0.143 e. The van der Waals surface area contributed by atoms with Gasteiger partial charge in [-0.1, -0.05) is 11.6 Å². The third-order valence-electron chi connectivity index (χ3n) is 2.89. The van der Waals surface area contributed by atoms with Gasteiger partial charge in [-0.3, -0.25) is 0 Å². The summed E-state index contributed by atoms with van der Waals surface area (Å²) in [5.41, 5.74) is 0. The molecular formula is C11H14BrClN2O. The van der Waals surface area contributed by atoms with Crippen LogP contribution in [-0.4, -0.2) is 36.1 Å². The molecule has 0 N–H and O–H groups in total. The molecule has 1 aliphatic rings.